The van der Waals surface area contributed by atoms with Gasteiger partial charge in [0.2, 0.25) is 5.91 Å². The maximum atomic E-state index is 13.1. The summed E-state index contributed by atoms with van der Waals surface area (Å²) in [5.74, 6) is -0.368. The molecule has 4 rings (SSSR count). The van der Waals surface area contributed by atoms with Crippen molar-refractivity contribution in [3.05, 3.63) is 94.9 Å². The Balaban J connectivity index is 1.42. The van der Waals surface area contributed by atoms with Gasteiger partial charge in [-0.3, -0.25) is 9.59 Å². The first kappa shape index (κ1) is 24.8. The van der Waals surface area contributed by atoms with Gasteiger partial charge in [0.05, 0.1) is 11.3 Å². The number of aryl methyl sites for hydroxylation is 1. The lowest BCUT2D eigenvalue weighted by atomic mass is 10.0. The number of pyridine rings is 1. The molecule has 10 nitrogen and oxygen atoms in total. The number of nitrogens with one attached hydrogen (secondary N) is 2. The van der Waals surface area contributed by atoms with Gasteiger partial charge in [0, 0.05) is 17.8 Å². The number of carbonyl (C=O) groups is 2. The van der Waals surface area contributed by atoms with E-state index in [4.69, 9.17) is 17.3 Å². The van der Waals surface area contributed by atoms with Crippen LogP contribution in [0.2, 0.25) is 5.02 Å². The average Bonchev–Trinajstić information content (AvgIpc) is 3.42. The van der Waals surface area contributed by atoms with Crippen LogP contribution in [0.1, 0.15) is 27.9 Å². The van der Waals surface area contributed by atoms with E-state index in [1.165, 1.54) is 17.2 Å². The van der Waals surface area contributed by atoms with Crippen LogP contribution in [0.15, 0.2) is 73.2 Å². The third-order valence-corrected chi connectivity index (χ3v) is 5.80. The highest BCUT2D eigenvalue weighted by Gasteiger charge is 2.21. The maximum absolute atomic E-state index is 13.1. The summed E-state index contributed by atoms with van der Waals surface area (Å²) in [6.07, 6.45) is 4.42. The molecule has 4 aromatic rings. The van der Waals surface area contributed by atoms with Gasteiger partial charge in [0.15, 0.2) is 0 Å². The molecule has 0 saturated carbocycles. The van der Waals surface area contributed by atoms with E-state index in [0.29, 0.717) is 42.2 Å². The summed E-state index contributed by atoms with van der Waals surface area (Å²) in [5.41, 5.74) is 8.65. The minimum absolute atomic E-state index is 0.284. The molecular weight excluding hydrogens is 480 g/mol. The molecule has 2 aromatic heterocycles. The molecule has 0 aliphatic carbocycles. The predicted molar refractivity (Wildman–Crippen MR) is 136 cm³/mol. The monoisotopic (exact) mass is 504 g/mol. The van der Waals surface area contributed by atoms with Crippen LogP contribution in [0.4, 0.5) is 5.82 Å². The molecule has 0 bridgehead atoms. The Morgan fingerprint density at radius 2 is 1.89 bits per heavy atom. The van der Waals surface area contributed by atoms with Gasteiger partial charge in [-0.25, -0.2) is 9.67 Å². The highest BCUT2D eigenvalue weighted by molar-refractivity contribution is 6.30. The van der Waals surface area contributed by atoms with E-state index in [1.807, 2.05) is 42.5 Å². The Morgan fingerprint density at radius 3 is 2.61 bits per heavy atom. The standard InChI is InChI=1S/C25H25ClN8O2/c26-20-8-10-22(34-16-30-32-33-34)18(14-20)12-13-28-25(36)21(9-6-17-4-2-1-3-5-17)31-24(35)19-7-11-23(27)29-15-19/h1-5,7-8,10-11,14-16,21H,6,9,12-13H2,(H2,27,29)(H,28,36)(H,31,35)/t21-/m0/s1. The van der Waals surface area contributed by atoms with Gasteiger partial charge >= 0.3 is 0 Å². The smallest absolute Gasteiger partial charge is 0.253 e. The van der Waals surface area contributed by atoms with Crippen LogP contribution in [-0.2, 0) is 17.6 Å². The fourth-order valence-corrected chi connectivity index (χ4v) is 3.89. The summed E-state index contributed by atoms with van der Waals surface area (Å²) >= 11 is 6.19. The molecule has 0 spiro atoms. The zero-order valence-electron chi connectivity index (χ0n) is 19.3. The van der Waals surface area contributed by atoms with E-state index >= 15 is 0 Å². The van der Waals surface area contributed by atoms with E-state index < -0.39 is 11.9 Å². The van der Waals surface area contributed by atoms with Crippen molar-refractivity contribution in [2.75, 3.05) is 12.3 Å². The first-order chi connectivity index (χ1) is 17.5. The van der Waals surface area contributed by atoms with Crippen molar-refractivity contribution in [3.8, 4) is 5.69 Å². The summed E-state index contributed by atoms with van der Waals surface area (Å²) < 4.78 is 1.54. The molecule has 11 heteroatoms. The molecule has 0 radical (unpaired) electrons. The number of halogens is 1. The largest absolute Gasteiger partial charge is 0.384 e. The zero-order chi connectivity index (χ0) is 25.3. The van der Waals surface area contributed by atoms with Gasteiger partial charge in [-0.05, 0) is 71.1 Å². The summed E-state index contributed by atoms with van der Waals surface area (Å²) in [7, 11) is 0. The van der Waals surface area contributed by atoms with Gasteiger partial charge in [0.1, 0.15) is 18.2 Å². The van der Waals surface area contributed by atoms with Crippen LogP contribution >= 0.6 is 11.6 Å². The second kappa shape index (κ2) is 11.9. The van der Waals surface area contributed by atoms with Crippen LogP contribution in [0, 0.1) is 0 Å². The number of nitrogens with two attached hydrogens (primary N) is 1. The number of aromatic nitrogens is 5. The molecule has 0 fully saturated rings. The lowest BCUT2D eigenvalue weighted by molar-refractivity contribution is -0.123. The van der Waals surface area contributed by atoms with E-state index in [2.05, 4.69) is 31.1 Å². The van der Waals surface area contributed by atoms with Crippen LogP contribution in [0.25, 0.3) is 5.69 Å². The number of benzene rings is 2. The third-order valence-electron chi connectivity index (χ3n) is 5.57. The molecule has 0 unspecified atom stereocenters. The molecule has 0 saturated heterocycles. The molecule has 1 atom stereocenters. The van der Waals surface area contributed by atoms with Gasteiger partial charge in [-0.1, -0.05) is 41.9 Å². The van der Waals surface area contributed by atoms with Crippen molar-refractivity contribution in [2.45, 2.75) is 25.3 Å². The van der Waals surface area contributed by atoms with Gasteiger partial charge in [0.25, 0.3) is 5.91 Å². The molecular formula is C25H25ClN8O2. The topological polar surface area (TPSA) is 141 Å². The Labute approximate surface area is 212 Å². The molecule has 4 N–H and O–H groups in total. The average molecular weight is 505 g/mol. The Bertz CT molecular complexity index is 1300. The van der Waals surface area contributed by atoms with Gasteiger partial charge in [-0.2, -0.15) is 0 Å². The van der Waals surface area contributed by atoms with E-state index in [-0.39, 0.29) is 5.91 Å². The van der Waals surface area contributed by atoms with Crippen molar-refractivity contribution in [1.82, 2.24) is 35.8 Å². The summed E-state index contributed by atoms with van der Waals surface area (Å²) in [6, 6.07) is 17.5. The molecule has 184 valence electrons. The van der Waals surface area contributed by atoms with Crippen LogP contribution in [0.3, 0.4) is 0 Å². The molecule has 0 aliphatic heterocycles. The molecule has 2 heterocycles. The lowest BCUT2D eigenvalue weighted by Crippen LogP contribution is -2.47. The van der Waals surface area contributed by atoms with Gasteiger partial charge < -0.3 is 16.4 Å². The molecule has 2 amide bonds. The number of hydrogen-bond donors (Lipinski definition) is 3. The number of carbonyl (C=O) groups excluding carboxylic acids is 2. The second-order valence-electron chi connectivity index (χ2n) is 8.09. The maximum Gasteiger partial charge on any atom is 0.253 e. The fourth-order valence-electron chi connectivity index (χ4n) is 3.70. The van der Waals surface area contributed by atoms with Crippen molar-refractivity contribution in [3.63, 3.8) is 0 Å². The quantitative estimate of drug-likeness (QED) is 0.301. The van der Waals surface area contributed by atoms with Crippen LogP contribution in [0.5, 0.6) is 0 Å². The normalized spacial score (nSPS) is 11.6. The van der Waals surface area contributed by atoms with E-state index in [0.717, 1.165) is 16.8 Å². The number of amides is 2. The van der Waals surface area contributed by atoms with Crippen LogP contribution in [-0.4, -0.2) is 49.6 Å². The zero-order valence-corrected chi connectivity index (χ0v) is 20.1. The number of nitrogen functional groups attached to an aromatic ring is 1. The van der Waals surface area contributed by atoms with E-state index in [9.17, 15) is 9.59 Å². The molecule has 2 aromatic carbocycles. The highest BCUT2D eigenvalue weighted by Crippen LogP contribution is 2.19. The van der Waals surface area contributed by atoms with E-state index in [1.54, 1.807) is 18.2 Å². The number of hydrogen-bond acceptors (Lipinski definition) is 7. The van der Waals surface area contributed by atoms with Crippen molar-refractivity contribution in [2.24, 2.45) is 0 Å². The molecule has 36 heavy (non-hydrogen) atoms. The van der Waals surface area contributed by atoms with Crippen LogP contribution < -0.4 is 16.4 Å². The third kappa shape index (κ3) is 6.63. The van der Waals surface area contributed by atoms with Crippen molar-refractivity contribution in [1.29, 1.82) is 0 Å². The Kier molecular flexibility index (Phi) is 8.20. The SMILES string of the molecule is Nc1ccc(C(=O)N[C@@H](CCc2ccccc2)C(=O)NCCc2cc(Cl)ccc2-n2cnnn2)cn1. The summed E-state index contributed by atoms with van der Waals surface area (Å²) in [6.45, 7) is 0.329. The van der Waals surface area contributed by atoms with Crippen molar-refractivity contribution >= 4 is 29.2 Å². The number of tetrazole rings is 1. The summed E-state index contributed by atoms with van der Waals surface area (Å²) in [5, 5.41) is 17.6. The number of anilines is 1. The first-order valence-electron chi connectivity index (χ1n) is 11.4. The van der Waals surface area contributed by atoms with Gasteiger partial charge in [-0.15, -0.1) is 5.10 Å². The minimum Gasteiger partial charge on any atom is -0.384 e. The Hall–Kier alpha value is -4.31. The number of nitrogens with zero attached hydrogens (tertiary/aromatic N) is 5. The second-order valence-corrected chi connectivity index (χ2v) is 8.53. The Morgan fingerprint density at radius 1 is 1.06 bits per heavy atom. The fraction of sp³-hybridized carbons (Fsp3) is 0.200. The summed E-state index contributed by atoms with van der Waals surface area (Å²) in [4.78, 5) is 29.9. The number of rotatable bonds is 10. The molecule has 0 aliphatic rings. The minimum atomic E-state index is -0.742. The predicted octanol–water partition coefficient (Wildman–Crippen LogP) is 2.38. The lowest BCUT2D eigenvalue weighted by Gasteiger charge is -2.19. The van der Waals surface area contributed by atoms with Crippen molar-refractivity contribution < 1.29 is 9.59 Å². The first-order valence-corrected chi connectivity index (χ1v) is 11.7. The highest BCUT2D eigenvalue weighted by atomic mass is 35.5.